The first-order valence-electron chi connectivity index (χ1n) is 9.68. The number of carbonyl (C=O) groups excluding carboxylic acids is 1. The van der Waals surface area contributed by atoms with E-state index < -0.39 is 0 Å². The maximum absolute atomic E-state index is 12.5. The third-order valence-electron chi connectivity index (χ3n) is 4.58. The number of hydrogen-bond acceptors (Lipinski definition) is 6. The zero-order valence-electron chi connectivity index (χ0n) is 16.9. The fraction of sp³-hybridized carbons (Fsp3) is 0.217. The van der Waals surface area contributed by atoms with Gasteiger partial charge in [-0.05, 0) is 37.1 Å². The minimum atomic E-state index is -0.260. The summed E-state index contributed by atoms with van der Waals surface area (Å²) in [5.74, 6) is 0.684. The topological polar surface area (TPSA) is 85.1 Å². The van der Waals surface area contributed by atoms with Crippen molar-refractivity contribution in [2.24, 2.45) is 5.92 Å². The third-order valence-corrected chi connectivity index (χ3v) is 5.45. The van der Waals surface area contributed by atoms with Gasteiger partial charge in [-0.1, -0.05) is 48.9 Å². The first-order chi connectivity index (χ1) is 14.4. The van der Waals surface area contributed by atoms with E-state index in [9.17, 15) is 9.59 Å². The predicted octanol–water partition coefficient (Wildman–Crippen LogP) is 5.07. The molecular formula is C23H21N3O3S. The second kappa shape index (κ2) is 8.20. The number of nitrogens with one attached hydrogen (secondary N) is 1. The molecule has 1 amide bonds. The Morgan fingerprint density at radius 2 is 1.87 bits per heavy atom. The van der Waals surface area contributed by atoms with Gasteiger partial charge in [-0.2, -0.15) is 0 Å². The van der Waals surface area contributed by atoms with E-state index in [2.05, 4.69) is 29.4 Å². The van der Waals surface area contributed by atoms with Crippen LogP contribution in [0.1, 0.15) is 34.8 Å². The molecule has 4 aromatic rings. The molecule has 1 N–H and O–H groups in total. The van der Waals surface area contributed by atoms with Crippen molar-refractivity contribution >= 4 is 33.3 Å². The number of aromatic nitrogens is 2. The van der Waals surface area contributed by atoms with Gasteiger partial charge < -0.3 is 4.42 Å². The molecule has 0 atom stereocenters. The van der Waals surface area contributed by atoms with Gasteiger partial charge in [-0.25, -0.2) is 0 Å². The molecule has 0 radical (unpaired) electrons. The van der Waals surface area contributed by atoms with Gasteiger partial charge in [0.25, 0.3) is 5.91 Å². The maximum atomic E-state index is 12.5. The van der Waals surface area contributed by atoms with Gasteiger partial charge in [0.1, 0.15) is 16.4 Å². The first-order valence-corrected chi connectivity index (χ1v) is 10.5. The van der Waals surface area contributed by atoms with Crippen molar-refractivity contribution in [2.75, 3.05) is 5.32 Å². The van der Waals surface area contributed by atoms with E-state index >= 15 is 0 Å². The Bertz CT molecular complexity index is 1270. The first kappa shape index (κ1) is 20.0. The van der Waals surface area contributed by atoms with Crippen molar-refractivity contribution < 1.29 is 9.21 Å². The minimum Gasteiger partial charge on any atom is -0.456 e. The third kappa shape index (κ3) is 4.31. The lowest BCUT2D eigenvalue weighted by molar-refractivity contribution is 0.102. The molecule has 152 valence electrons. The minimum absolute atomic E-state index is 0.0924. The van der Waals surface area contributed by atoms with Crippen molar-refractivity contribution in [1.82, 2.24) is 10.2 Å². The summed E-state index contributed by atoms with van der Waals surface area (Å²) in [4.78, 5) is 24.9. The number of hydrogen-bond donors (Lipinski definition) is 1. The Kier molecular flexibility index (Phi) is 5.46. The van der Waals surface area contributed by atoms with Crippen LogP contribution in [0.2, 0.25) is 0 Å². The number of benzene rings is 2. The number of carbonyl (C=O) groups is 1. The normalized spacial score (nSPS) is 11.2. The van der Waals surface area contributed by atoms with Crippen molar-refractivity contribution in [2.45, 2.75) is 27.2 Å². The Hall–Kier alpha value is -3.32. The van der Waals surface area contributed by atoms with Crippen molar-refractivity contribution in [3.63, 3.8) is 0 Å². The molecular weight excluding hydrogens is 398 g/mol. The molecule has 0 spiro atoms. The lowest BCUT2D eigenvalue weighted by Gasteiger charge is -2.05. The summed E-state index contributed by atoms with van der Waals surface area (Å²) >= 11 is 1.38. The Morgan fingerprint density at radius 3 is 2.60 bits per heavy atom. The van der Waals surface area contributed by atoms with Crippen LogP contribution in [-0.4, -0.2) is 16.1 Å². The average molecular weight is 420 g/mol. The van der Waals surface area contributed by atoms with Gasteiger partial charge in [0.15, 0.2) is 5.43 Å². The second-order valence-corrected chi connectivity index (χ2v) is 8.67. The number of fused-ring (bicyclic) bond motifs is 1. The average Bonchev–Trinajstić information content (AvgIpc) is 3.14. The predicted molar refractivity (Wildman–Crippen MR) is 119 cm³/mol. The van der Waals surface area contributed by atoms with Crippen LogP contribution in [0.3, 0.4) is 0 Å². The molecule has 0 fully saturated rings. The summed E-state index contributed by atoms with van der Waals surface area (Å²) in [6.07, 6.45) is 0.832. The van der Waals surface area contributed by atoms with Crippen LogP contribution in [0.15, 0.2) is 57.7 Å². The summed E-state index contributed by atoms with van der Waals surface area (Å²) in [5.41, 5.74) is 2.66. The van der Waals surface area contributed by atoms with Crippen LogP contribution in [0.4, 0.5) is 5.13 Å². The number of aryl methyl sites for hydroxylation is 1. The fourth-order valence-electron chi connectivity index (χ4n) is 3.10. The molecule has 0 aliphatic rings. The van der Waals surface area contributed by atoms with Gasteiger partial charge in [-0.15, -0.1) is 10.2 Å². The van der Waals surface area contributed by atoms with Crippen LogP contribution in [-0.2, 0) is 6.42 Å². The molecule has 0 unspecified atom stereocenters. The quantitative estimate of drug-likeness (QED) is 0.488. The highest BCUT2D eigenvalue weighted by Gasteiger charge is 2.12. The standard InChI is InChI=1S/C23H21N3O3S/c1-13(2)10-21-25-26-23(30-21)24-22(28)16-7-5-15(6-8-16)20-12-18(27)17-11-14(3)4-9-19(17)29-20/h4-9,11-13H,10H2,1-3H3,(H,24,26,28). The van der Waals surface area contributed by atoms with E-state index in [0.29, 0.717) is 33.3 Å². The molecule has 0 aliphatic heterocycles. The monoisotopic (exact) mass is 419 g/mol. The molecule has 30 heavy (non-hydrogen) atoms. The Labute approximate surface area is 177 Å². The van der Waals surface area contributed by atoms with Crippen LogP contribution in [0.25, 0.3) is 22.3 Å². The second-order valence-electron chi connectivity index (χ2n) is 7.60. The highest BCUT2D eigenvalue weighted by molar-refractivity contribution is 7.15. The smallest absolute Gasteiger partial charge is 0.257 e. The van der Waals surface area contributed by atoms with E-state index in [4.69, 9.17) is 4.42 Å². The largest absolute Gasteiger partial charge is 0.456 e. The van der Waals surface area contributed by atoms with Gasteiger partial charge >= 0.3 is 0 Å². The van der Waals surface area contributed by atoms with Gasteiger partial charge in [0, 0.05) is 23.6 Å². The van der Waals surface area contributed by atoms with Crippen molar-refractivity contribution in [3.8, 4) is 11.3 Å². The molecule has 0 saturated carbocycles. The molecule has 2 aromatic heterocycles. The summed E-state index contributed by atoms with van der Waals surface area (Å²) in [7, 11) is 0. The van der Waals surface area contributed by atoms with E-state index in [1.807, 2.05) is 19.1 Å². The molecule has 0 aliphatic carbocycles. The van der Waals surface area contributed by atoms with Crippen molar-refractivity contribution in [1.29, 1.82) is 0 Å². The highest BCUT2D eigenvalue weighted by Crippen LogP contribution is 2.24. The number of rotatable bonds is 5. The lowest BCUT2D eigenvalue weighted by atomic mass is 10.1. The SMILES string of the molecule is Cc1ccc2oc(-c3ccc(C(=O)Nc4nnc(CC(C)C)s4)cc3)cc(=O)c2c1. The lowest BCUT2D eigenvalue weighted by Crippen LogP contribution is -2.11. The molecule has 2 heterocycles. The van der Waals surface area contributed by atoms with Gasteiger partial charge in [-0.3, -0.25) is 14.9 Å². The molecule has 0 saturated heterocycles. The van der Waals surface area contributed by atoms with Gasteiger partial charge in [0.2, 0.25) is 5.13 Å². The molecule has 7 heteroatoms. The summed E-state index contributed by atoms with van der Waals surface area (Å²) in [6, 6.07) is 13.9. The Balaban J connectivity index is 1.53. The van der Waals surface area contributed by atoms with Gasteiger partial charge in [0.05, 0.1) is 5.39 Å². The van der Waals surface area contributed by atoms with Crippen LogP contribution < -0.4 is 10.7 Å². The van der Waals surface area contributed by atoms with E-state index in [1.54, 1.807) is 30.3 Å². The molecule has 6 nitrogen and oxygen atoms in total. The molecule has 4 rings (SSSR count). The van der Waals surface area contributed by atoms with Crippen LogP contribution in [0.5, 0.6) is 0 Å². The summed E-state index contributed by atoms with van der Waals surface area (Å²) in [6.45, 7) is 6.16. The van der Waals surface area contributed by atoms with Crippen LogP contribution in [0, 0.1) is 12.8 Å². The summed E-state index contributed by atoms with van der Waals surface area (Å²) < 4.78 is 5.90. The number of nitrogens with zero attached hydrogens (tertiary/aromatic N) is 2. The molecule has 0 bridgehead atoms. The maximum Gasteiger partial charge on any atom is 0.257 e. The number of anilines is 1. The van der Waals surface area contributed by atoms with E-state index in [1.165, 1.54) is 17.4 Å². The zero-order chi connectivity index (χ0) is 21.3. The number of amides is 1. The van der Waals surface area contributed by atoms with E-state index in [-0.39, 0.29) is 11.3 Å². The Morgan fingerprint density at radius 1 is 1.10 bits per heavy atom. The molecule has 2 aromatic carbocycles. The zero-order valence-corrected chi connectivity index (χ0v) is 17.7. The highest BCUT2D eigenvalue weighted by atomic mass is 32.1. The summed E-state index contributed by atoms with van der Waals surface area (Å²) in [5, 5.41) is 12.9. The van der Waals surface area contributed by atoms with E-state index in [0.717, 1.165) is 22.6 Å². The van der Waals surface area contributed by atoms with Crippen molar-refractivity contribution in [3.05, 3.63) is 74.9 Å². The fourth-order valence-corrected chi connectivity index (χ4v) is 4.05. The van der Waals surface area contributed by atoms with Crippen LogP contribution >= 0.6 is 11.3 Å².